The Labute approximate surface area is 161 Å². The summed E-state index contributed by atoms with van der Waals surface area (Å²) in [6.45, 7) is 3.29. The van der Waals surface area contributed by atoms with Crippen LogP contribution in [0.3, 0.4) is 0 Å². The number of nitrogens with zero attached hydrogens (tertiary/aromatic N) is 3. The summed E-state index contributed by atoms with van der Waals surface area (Å²) in [5.74, 6) is -0.867. The first-order valence-corrected chi connectivity index (χ1v) is 9.29. The highest BCUT2D eigenvalue weighted by atomic mass is 32.1. The van der Waals surface area contributed by atoms with Gasteiger partial charge in [-0.1, -0.05) is 0 Å². The van der Waals surface area contributed by atoms with Crippen LogP contribution < -0.4 is 10.1 Å². The molecular weight excluding hydrogens is 374 g/mol. The highest BCUT2D eigenvalue weighted by Crippen LogP contribution is 2.21. The number of hydrogen-bond acceptors (Lipinski definition) is 5. The third-order valence-electron chi connectivity index (χ3n) is 3.79. The van der Waals surface area contributed by atoms with Gasteiger partial charge in [0.2, 0.25) is 0 Å². The fraction of sp³-hybridized carbons (Fsp3) is 0.444. The Morgan fingerprint density at radius 3 is 2.81 bits per heavy atom. The molecule has 1 heterocycles. The quantitative estimate of drug-likeness (QED) is 0.420. The zero-order valence-electron chi connectivity index (χ0n) is 15.8. The van der Waals surface area contributed by atoms with E-state index in [1.807, 2.05) is 24.3 Å². The number of ether oxygens (including phenoxy) is 2. The molecule has 1 N–H and O–H groups in total. The number of nitrogens with one attached hydrogen (secondary N) is 1. The molecule has 6 nitrogen and oxygen atoms in total. The van der Waals surface area contributed by atoms with Gasteiger partial charge in [-0.25, -0.2) is 13.8 Å². The zero-order valence-corrected chi connectivity index (χ0v) is 16.6. The average Bonchev–Trinajstić information content (AvgIpc) is 3.12. The van der Waals surface area contributed by atoms with Gasteiger partial charge in [-0.3, -0.25) is 4.99 Å². The van der Waals surface area contributed by atoms with Crippen molar-refractivity contribution in [1.29, 1.82) is 0 Å². The van der Waals surface area contributed by atoms with Gasteiger partial charge in [-0.05, 0) is 19.1 Å². The van der Waals surface area contributed by atoms with Crippen molar-refractivity contribution in [3.05, 3.63) is 45.9 Å². The average molecular weight is 398 g/mol. The van der Waals surface area contributed by atoms with Gasteiger partial charge in [0.15, 0.2) is 17.6 Å². The molecule has 9 heteroatoms. The standard InChI is InChI=1S/C18H24F2N4O2S/c1-12(25-4)17-23-13(11-27-17)10-24(3)18(21-2)22-7-8-26-14-5-6-15(19)16(20)9-14/h5-6,9,11-12H,7-8,10H2,1-4H3,(H,21,22). The Kier molecular flexibility index (Phi) is 7.93. The Morgan fingerprint density at radius 1 is 1.37 bits per heavy atom. The first-order chi connectivity index (χ1) is 12.9. The second-order valence-corrected chi connectivity index (χ2v) is 6.70. The SMILES string of the molecule is CN=C(NCCOc1ccc(F)c(F)c1)N(C)Cc1csc(C(C)OC)n1. The van der Waals surface area contributed by atoms with Crippen LogP contribution in [0.2, 0.25) is 0 Å². The molecule has 1 aromatic carbocycles. The first kappa shape index (κ1) is 21.0. The molecular formula is C18H24F2N4O2S. The summed E-state index contributed by atoms with van der Waals surface area (Å²) in [7, 11) is 5.25. The van der Waals surface area contributed by atoms with Crippen molar-refractivity contribution in [2.45, 2.75) is 19.6 Å². The van der Waals surface area contributed by atoms with E-state index in [1.54, 1.807) is 25.5 Å². The maximum Gasteiger partial charge on any atom is 0.193 e. The number of thiazole rings is 1. The molecule has 1 atom stereocenters. The number of aliphatic imine (C=N–C) groups is 1. The molecule has 0 saturated heterocycles. The summed E-state index contributed by atoms with van der Waals surface area (Å²) in [6.07, 6.45) is -0.0278. The molecule has 0 bridgehead atoms. The zero-order chi connectivity index (χ0) is 19.8. The van der Waals surface area contributed by atoms with Crippen molar-refractivity contribution in [3.63, 3.8) is 0 Å². The maximum atomic E-state index is 13.1. The van der Waals surface area contributed by atoms with E-state index in [-0.39, 0.29) is 18.5 Å². The molecule has 27 heavy (non-hydrogen) atoms. The van der Waals surface area contributed by atoms with Gasteiger partial charge in [-0.2, -0.15) is 0 Å². The van der Waals surface area contributed by atoms with Gasteiger partial charge in [0.25, 0.3) is 0 Å². The fourth-order valence-corrected chi connectivity index (χ4v) is 3.13. The van der Waals surface area contributed by atoms with E-state index in [4.69, 9.17) is 9.47 Å². The van der Waals surface area contributed by atoms with Crippen LogP contribution in [0.15, 0.2) is 28.6 Å². The Bertz CT molecular complexity index is 770. The highest BCUT2D eigenvalue weighted by molar-refractivity contribution is 7.09. The van der Waals surface area contributed by atoms with Crippen LogP contribution in [0, 0.1) is 11.6 Å². The minimum atomic E-state index is -0.929. The van der Waals surface area contributed by atoms with Crippen LogP contribution in [0.1, 0.15) is 23.7 Å². The second kappa shape index (κ2) is 10.2. The van der Waals surface area contributed by atoms with Gasteiger partial charge >= 0.3 is 0 Å². The van der Waals surface area contributed by atoms with E-state index in [0.29, 0.717) is 19.0 Å². The van der Waals surface area contributed by atoms with Gasteiger partial charge in [-0.15, -0.1) is 11.3 Å². The maximum absolute atomic E-state index is 13.1. The molecule has 148 valence electrons. The minimum absolute atomic E-state index is 0.0278. The number of aromatic nitrogens is 1. The number of benzene rings is 1. The highest BCUT2D eigenvalue weighted by Gasteiger charge is 2.12. The number of hydrogen-bond donors (Lipinski definition) is 1. The summed E-state index contributed by atoms with van der Waals surface area (Å²) >= 11 is 1.56. The molecule has 1 aromatic heterocycles. The van der Waals surface area contributed by atoms with E-state index < -0.39 is 11.6 Å². The third-order valence-corrected chi connectivity index (χ3v) is 4.84. The lowest BCUT2D eigenvalue weighted by Crippen LogP contribution is -2.40. The van der Waals surface area contributed by atoms with Crippen LogP contribution in [-0.2, 0) is 11.3 Å². The van der Waals surface area contributed by atoms with E-state index in [9.17, 15) is 8.78 Å². The van der Waals surface area contributed by atoms with Gasteiger partial charge in [0.05, 0.1) is 18.8 Å². The lowest BCUT2D eigenvalue weighted by atomic mass is 10.3. The number of methoxy groups -OCH3 is 1. The Balaban J connectivity index is 1.80. The summed E-state index contributed by atoms with van der Waals surface area (Å²) in [5, 5.41) is 6.10. The van der Waals surface area contributed by atoms with E-state index >= 15 is 0 Å². The lowest BCUT2D eigenvalue weighted by Gasteiger charge is -2.21. The summed E-state index contributed by atoms with van der Waals surface area (Å²) in [4.78, 5) is 10.7. The Morgan fingerprint density at radius 2 is 2.15 bits per heavy atom. The van der Waals surface area contributed by atoms with Crippen LogP contribution in [0.25, 0.3) is 0 Å². The summed E-state index contributed by atoms with van der Waals surface area (Å²) in [5.41, 5.74) is 0.933. The van der Waals surface area contributed by atoms with Gasteiger partial charge < -0.3 is 19.7 Å². The van der Waals surface area contributed by atoms with Gasteiger partial charge in [0.1, 0.15) is 23.5 Å². The molecule has 0 spiro atoms. The molecule has 1 unspecified atom stereocenters. The van der Waals surface area contributed by atoms with Crippen LogP contribution in [0.5, 0.6) is 5.75 Å². The molecule has 2 aromatic rings. The van der Waals surface area contributed by atoms with Crippen LogP contribution >= 0.6 is 11.3 Å². The van der Waals surface area contributed by atoms with Crippen molar-refractivity contribution in [2.24, 2.45) is 4.99 Å². The number of guanidine groups is 1. The number of rotatable bonds is 8. The smallest absolute Gasteiger partial charge is 0.193 e. The largest absolute Gasteiger partial charge is 0.492 e. The lowest BCUT2D eigenvalue weighted by molar-refractivity contribution is 0.119. The van der Waals surface area contributed by atoms with Crippen molar-refractivity contribution < 1.29 is 18.3 Å². The van der Waals surface area contributed by atoms with Gasteiger partial charge in [0, 0.05) is 32.7 Å². The summed E-state index contributed by atoms with van der Waals surface area (Å²) < 4.78 is 36.7. The minimum Gasteiger partial charge on any atom is -0.492 e. The second-order valence-electron chi connectivity index (χ2n) is 5.81. The topological polar surface area (TPSA) is 59.0 Å². The van der Waals surface area contributed by atoms with Crippen LogP contribution in [-0.4, -0.2) is 50.2 Å². The molecule has 0 saturated carbocycles. The molecule has 0 radical (unpaired) electrons. The van der Waals surface area contributed by atoms with Crippen molar-refractivity contribution in [1.82, 2.24) is 15.2 Å². The van der Waals surface area contributed by atoms with Crippen molar-refractivity contribution in [2.75, 3.05) is 34.4 Å². The molecule has 0 aliphatic rings. The molecule has 0 fully saturated rings. The summed E-state index contributed by atoms with van der Waals surface area (Å²) in [6, 6.07) is 3.45. The number of halogens is 2. The van der Waals surface area contributed by atoms with E-state index in [1.165, 1.54) is 6.07 Å². The van der Waals surface area contributed by atoms with E-state index in [2.05, 4.69) is 15.3 Å². The molecule has 0 amide bonds. The Hall–Kier alpha value is -2.26. The molecule has 0 aliphatic carbocycles. The van der Waals surface area contributed by atoms with Crippen molar-refractivity contribution in [3.8, 4) is 5.75 Å². The normalized spacial score (nSPS) is 12.7. The predicted octanol–water partition coefficient (Wildman–Crippen LogP) is 3.21. The predicted molar refractivity (Wildman–Crippen MR) is 102 cm³/mol. The third kappa shape index (κ3) is 6.14. The van der Waals surface area contributed by atoms with E-state index in [0.717, 1.165) is 22.8 Å². The monoisotopic (exact) mass is 398 g/mol. The van der Waals surface area contributed by atoms with Crippen molar-refractivity contribution >= 4 is 17.3 Å². The fourth-order valence-electron chi connectivity index (χ4n) is 2.28. The first-order valence-electron chi connectivity index (χ1n) is 8.41. The molecule has 0 aliphatic heterocycles. The molecule has 2 rings (SSSR count). The van der Waals surface area contributed by atoms with Crippen LogP contribution in [0.4, 0.5) is 8.78 Å².